The lowest BCUT2D eigenvalue weighted by atomic mass is 9.90. The van der Waals surface area contributed by atoms with Crippen molar-refractivity contribution in [3.05, 3.63) is 0 Å². The number of nitrogens with zero attached hydrogens (tertiary/aromatic N) is 2. The van der Waals surface area contributed by atoms with Gasteiger partial charge >= 0.3 is 0 Å². The molecule has 3 atom stereocenters. The highest BCUT2D eigenvalue weighted by Crippen LogP contribution is 2.28. The average Bonchev–Trinajstić information content (AvgIpc) is 2.68. The molecular weight excluding hydrogens is 174 g/mol. The Morgan fingerprint density at radius 1 is 1.57 bits per heavy atom. The van der Waals surface area contributed by atoms with E-state index in [2.05, 4.69) is 23.2 Å². The van der Waals surface area contributed by atoms with E-state index in [-0.39, 0.29) is 6.04 Å². The number of likely N-dealkylation sites (tertiary alicyclic amines) is 1. The number of nitrogens with one attached hydrogen (secondary N) is 1. The predicted molar refractivity (Wildman–Crippen MR) is 55.8 cm³/mol. The van der Waals surface area contributed by atoms with Gasteiger partial charge in [0, 0.05) is 12.6 Å². The summed E-state index contributed by atoms with van der Waals surface area (Å²) in [6.07, 6.45) is 3.57. The summed E-state index contributed by atoms with van der Waals surface area (Å²) in [6, 6.07) is 3.21. The summed E-state index contributed by atoms with van der Waals surface area (Å²) in [5.41, 5.74) is 0. The molecule has 2 saturated heterocycles. The Balaban J connectivity index is 2.06. The molecule has 1 N–H and O–H groups in total. The van der Waals surface area contributed by atoms with Gasteiger partial charge in [0.05, 0.1) is 12.1 Å². The molecule has 2 fully saturated rings. The number of fused-ring (bicyclic) bond motifs is 1. The maximum absolute atomic E-state index is 9.09. The Morgan fingerprint density at radius 2 is 2.43 bits per heavy atom. The molecule has 78 valence electrons. The van der Waals surface area contributed by atoms with Crippen molar-refractivity contribution in [2.45, 2.75) is 38.3 Å². The highest BCUT2D eigenvalue weighted by Gasteiger charge is 2.37. The first-order valence-electron chi connectivity index (χ1n) is 5.73. The second-order valence-electron chi connectivity index (χ2n) is 4.42. The smallest absolute Gasteiger partial charge is 0.0978 e. The maximum Gasteiger partial charge on any atom is 0.0978 e. The highest BCUT2D eigenvalue weighted by atomic mass is 15.2. The van der Waals surface area contributed by atoms with E-state index in [1.54, 1.807) is 0 Å². The molecule has 2 heterocycles. The van der Waals surface area contributed by atoms with Crippen LogP contribution in [0.3, 0.4) is 0 Å². The standard InChI is InChI=1S/C11H19N3/c1-2-10(6-12)14-5-3-4-9-7-13-8-11(9)14/h9-11,13H,2-5,7-8H2,1H3. The van der Waals surface area contributed by atoms with E-state index in [1.165, 1.54) is 12.8 Å². The van der Waals surface area contributed by atoms with E-state index < -0.39 is 0 Å². The SMILES string of the molecule is CCC(C#N)N1CCCC2CNCC21. The molecule has 0 radical (unpaired) electrons. The molecule has 2 rings (SSSR count). The molecule has 0 aliphatic carbocycles. The third-order valence-electron chi connectivity index (χ3n) is 3.66. The third-order valence-corrected chi connectivity index (χ3v) is 3.66. The molecule has 0 aromatic carbocycles. The highest BCUT2D eigenvalue weighted by molar-refractivity contribution is 5.00. The number of hydrogen-bond donors (Lipinski definition) is 1. The second kappa shape index (κ2) is 4.29. The van der Waals surface area contributed by atoms with Crippen LogP contribution in [0.4, 0.5) is 0 Å². The summed E-state index contributed by atoms with van der Waals surface area (Å²) in [4.78, 5) is 2.42. The Hall–Kier alpha value is -0.590. The average molecular weight is 193 g/mol. The lowest BCUT2D eigenvalue weighted by molar-refractivity contribution is 0.0980. The summed E-state index contributed by atoms with van der Waals surface area (Å²) in [7, 11) is 0. The minimum absolute atomic E-state index is 0.141. The van der Waals surface area contributed by atoms with Crippen LogP contribution in [-0.4, -0.2) is 36.6 Å². The first kappa shape index (κ1) is 9.95. The molecule has 14 heavy (non-hydrogen) atoms. The van der Waals surface area contributed by atoms with Gasteiger partial charge in [0.2, 0.25) is 0 Å². The lowest BCUT2D eigenvalue weighted by Gasteiger charge is -2.39. The molecule has 0 spiro atoms. The zero-order valence-corrected chi connectivity index (χ0v) is 8.87. The van der Waals surface area contributed by atoms with Crippen LogP contribution < -0.4 is 5.32 Å². The molecule has 3 nitrogen and oxygen atoms in total. The van der Waals surface area contributed by atoms with E-state index in [4.69, 9.17) is 5.26 Å². The minimum atomic E-state index is 0.141. The molecule has 3 heteroatoms. The fraction of sp³-hybridized carbons (Fsp3) is 0.909. The molecule has 0 bridgehead atoms. The van der Waals surface area contributed by atoms with E-state index in [1.807, 2.05) is 0 Å². The zero-order valence-electron chi connectivity index (χ0n) is 8.87. The molecule has 0 saturated carbocycles. The quantitative estimate of drug-likeness (QED) is 0.710. The summed E-state index contributed by atoms with van der Waals surface area (Å²) < 4.78 is 0. The third kappa shape index (κ3) is 1.65. The predicted octanol–water partition coefficient (Wildman–Crippen LogP) is 0.972. The van der Waals surface area contributed by atoms with Gasteiger partial charge in [-0.2, -0.15) is 5.26 Å². The van der Waals surface area contributed by atoms with Crippen LogP contribution in [0.1, 0.15) is 26.2 Å². The fourth-order valence-corrected chi connectivity index (χ4v) is 2.89. The van der Waals surface area contributed by atoms with Crippen molar-refractivity contribution in [3.8, 4) is 6.07 Å². The minimum Gasteiger partial charge on any atom is -0.315 e. The summed E-state index contributed by atoms with van der Waals surface area (Å²) in [5, 5.41) is 12.5. The van der Waals surface area contributed by atoms with Crippen LogP contribution in [0.15, 0.2) is 0 Å². The van der Waals surface area contributed by atoms with E-state index >= 15 is 0 Å². The summed E-state index contributed by atoms with van der Waals surface area (Å²) in [5.74, 6) is 0.797. The van der Waals surface area contributed by atoms with Crippen molar-refractivity contribution in [3.63, 3.8) is 0 Å². The number of hydrogen-bond acceptors (Lipinski definition) is 3. The summed E-state index contributed by atoms with van der Waals surface area (Å²) in [6.45, 7) is 5.47. The van der Waals surface area contributed by atoms with Gasteiger partial charge < -0.3 is 5.32 Å². The van der Waals surface area contributed by atoms with Crippen molar-refractivity contribution in [1.82, 2.24) is 10.2 Å². The van der Waals surface area contributed by atoms with Crippen molar-refractivity contribution in [1.29, 1.82) is 5.26 Å². The number of rotatable bonds is 2. The Kier molecular flexibility index (Phi) is 3.05. The largest absolute Gasteiger partial charge is 0.315 e. The topological polar surface area (TPSA) is 39.1 Å². The first-order valence-corrected chi connectivity index (χ1v) is 5.73. The lowest BCUT2D eigenvalue weighted by Crippen LogP contribution is -2.49. The molecule has 2 aliphatic heterocycles. The fourth-order valence-electron chi connectivity index (χ4n) is 2.89. The van der Waals surface area contributed by atoms with Gasteiger partial charge in [0.25, 0.3) is 0 Å². The van der Waals surface area contributed by atoms with Gasteiger partial charge in [0.15, 0.2) is 0 Å². The van der Waals surface area contributed by atoms with Crippen molar-refractivity contribution in [2.24, 2.45) is 5.92 Å². The van der Waals surface area contributed by atoms with Crippen LogP contribution in [0, 0.1) is 17.2 Å². The monoisotopic (exact) mass is 193 g/mol. The Bertz CT molecular complexity index is 233. The van der Waals surface area contributed by atoms with Crippen LogP contribution in [0.5, 0.6) is 0 Å². The van der Waals surface area contributed by atoms with Gasteiger partial charge in [0.1, 0.15) is 0 Å². The van der Waals surface area contributed by atoms with Gasteiger partial charge in [-0.25, -0.2) is 0 Å². The van der Waals surface area contributed by atoms with Crippen LogP contribution in [0.25, 0.3) is 0 Å². The molecule has 2 aliphatic rings. The van der Waals surface area contributed by atoms with Gasteiger partial charge in [-0.15, -0.1) is 0 Å². The Morgan fingerprint density at radius 3 is 3.14 bits per heavy atom. The maximum atomic E-state index is 9.09. The van der Waals surface area contributed by atoms with Crippen molar-refractivity contribution >= 4 is 0 Å². The van der Waals surface area contributed by atoms with E-state index in [0.717, 1.165) is 32.0 Å². The number of nitriles is 1. The molecule has 0 amide bonds. The van der Waals surface area contributed by atoms with Gasteiger partial charge in [-0.1, -0.05) is 6.92 Å². The first-order chi connectivity index (χ1) is 6.86. The molecular formula is C11H19N3. The van der Waals surface area contributed by atoms with Gasteiger partial charge in [-0.3, -0.25) is 4.90 Å². The second-order valence-corrected chi connectivity index (χ2v) is 4.42. The van der Waals surface area contributed by atoms with Crippen LogP contribution in [0.2, 0.25) is 0 Å². The zero-order chi connectivity index (χ0) is 9.97. The number of piperidine rings is 1. The van der Waals surface area contributed by atoms with Gasteiger partial charge in [-0.05, 0) is 38.3 Å². The molecule has 3 unspecified atom stereocenters. The summed E-state index contributed by atoms with van der Waals surface area (Å²) >= 11 is 0. The Labute approximate surface area is 86.1 Å². The van der Waals surface area contributed by atoms with Crippen LogP contribution >= 0.6 is 0 Å². The van der Waals surface area contributed by atoms with Crippen LogP contribution in [-0.2, 0) is 0 Å². The molecule has 0 aromatic heterocycles. The molecule has 0 aromatic rings. The van der Waals surface area contributed by atoms with Crippen molar-refractivity contribution < 1.29 is 0 Å². The normalized spacial score (nSPS) is 34.9. The van der Waals surface area contributed by atoms with E-state index in [0.29, 0.717) is 6.04 Å². The van der Waals surface area contributed by atoms with E-state index in [9.17, 15) is 0 Å². The van der Waals surface area contributed by atoms with Crippen molar-refractivity contribution in [2.75, 3.05) is 19.6 Å².